The number of rotatable bonds is 7. The molecule has 4 aromatic carbocycles. The highest BCUT2D eigenvalue weighted by Crippen LogP contribution is 2.48. The van der Waals surface area contributed by atoms with Gasteiger partial charge < -0.3 is 19.3 Å². The molecular weight excluding hydrogens is 565 g/mol. The van der Waals surface area contributed by atoms with Crippen LogP contribution in [0.3, 0.4) is 0 Å². The molecule has 7 nitrogen and oxygen atoms in total. The van der Waals surface area contributed by atoms with Gasteiger partial charge in [-0.25, -0.2) is 0 Å². The number of methoxy groups -OCH3 is 2. The number of Topliss-reactive ketones (excluding diaryl/α,β-unsaturated/α-hetero) is 1. The Balaban J connectivity index is 1.73. The van der Waals surface area contributed by atoms with Crippen molar-refractivity contribution in [2.24, 2.45) is 0 Å². The number of benzene rings is 4. The number of carbonyl (C=O) groups is 2. The van der Waals surface area contributed by atoms with Gasteiger partial charge in [-0.2, -0.15) is 0 Å². The molecule has 0 aromatic heterocycles. The molecule has 1 fully saturated rings. The summed E-state index contributed by atoms with van der Waals surface area (Å²) >= 11 is 12.9. The molecule has 208 valence electrons. The van der Waals surface area contributed by atoms with Crippen molar-refractivity contribution in [3.8, 4) is 23.0 Å². The van der Waals surface area contributed by atoms with Gasteiger partial charge in [0.15, 0.2) is 11.5 Å². The maximum Gasteiger partial charge on any atom is 0.300 e. The van der Waals surface area contributed by atoms with Gasteiger partial charge in [0.05, 0.1) is 36.4 Å². The third kappa shape index (κ3) is 5.22. The van der Waals surface area contributed by atoms with Crippen molar-refractivity contribution in [1.29, 1.82) is 0 Å². The lowest BCUT2D eigenvalue weighted by Crippen LogP contribution is -2.29. The highest BCUT2D eigenvalue weighted by Gasteiger charge is 2.47. The third-order valence-electron chi connectivity index (χ3n) is 6.70. The Labute approximate surface area is 247 Å². The summed E-state index contributed by atoms with van der Waals surface area (Å²) in [5.74, 6) is -0.913. The Morgan fingerprint density at radius 2 is 1.49 bits per heavy atom. The topological polar surface area (TPSA) is 85.3 Å². The highest BCUT2D eigenvalue weighted by molar-refractivity contribution is 6.52. The molecule has 1 aliphatic heterocycles. The van der Waals surface area contributed by atoms with Crippen LogP contribution in [0.1, 0.15) is 22.7 Å². The number of ketones is 1. The number of halogens is 2. The summed E-state index contributed by atoms with van der Waals surface area (Å²) in [6.07, 6.45) is 0. The molecule has 1 heterocycles. The minimum atomic E-state index is -1.01. The van der Waals surface area contributed by atoms with E-state index in [1.807, 2.05) is 49.4 Å². The van der Waals surface area contributed by atoms with Gasteiger partial charge in [-0.1, -0.05) is 71.2 Å². The number of carbonyl (C=O) groups excluding carboxylic acids is 2. The monoisotopic (exact) mass is 589 g/mol. The van der Waals surface area contributed by atoms with Crippen LogP contribution in [0, 0.1) is 6.92 Å². The zero-order valence-electron chi connectivity index (χ0n) is 22.4. The lowest BCUT2D eigenvalue weighted by molar-refractivity contribution is -0.132. The Morgan fingerprint density at radius 1 is 0.829 bits per heavy atom. The maximum absolute atomic E-state index is 13.7. The van der Waals surface area contributed by atoms with Crippen LogP contribution in [0.4, 0.5) is 5.69 Å². The predicted molar refractivity (Wildman–Crippen MR) is 158 cm³/mol. The first-order valence-corrected chi connectivity index (χ1v) is 13.3. The van der Waals surface area contributed by atoms with Crippen LogP contribution in [0.5, 0.6) is 23.0 Å². The average molecular weight is 590 g/mol. The van der Waals surface area contributed by atoms with Gasteiger partial charge in [-0.15, -0.1) is 0 Å². The normalized spacial score (nSPS) is 16.1. The molecule has 0 radical (unpaired) electrons. The molecule has 0 bridgehead atoms. The van der Waals surface area contributed by atoms with E-state index in [4.69, 9.17) is 37.4 Å². The molecule has 0 spiro atoms. The van der Waals surface area contributed by atoms with Gasteiger partial charge in [-0.05, 0) is 55.0 Å². The summed E-state index contributed by atoms with van der Waals surface area (Å²) in [6.45, 7) is 1.92. The molecule has 0 saturated carbocycles. The van der Waals surface area contributed by atoms with Crippen molar-refractivity contribution in [2.45, 2.75) is 13.0 Å². The second-order valence-corrected chi connectivity index (χ2v) is 10.1. The number of aliphatic hydroxyl groups excluding tert-OH is 1. The van der Waals surface area contributed by atoms with Gasteiger partial charge >= 0.3 is 0 Å². The van der Waals surface area contributed by atoms with Crippen LogP contribution in [0.25, 0.3) is 5.76 Å². The van der Waals surface area contributed by atoms with Crippen molar-refractivity contribution in [2.75, 3.05) is 19.1 Å². The number of aliphatic hydroxyl groups is 1. The zero-order chi connectivity index (χ0) is 29.3. The lowest BCUT2D eigenvalue weighted by atomic mass is 9.94. The number of anilines is 1. The molecule has 1 saturated heterocycles. The van der Waals surface area contributed by atoms with Crippen LogP contribution in [-0.4, -0.2) is 31.0 Å². The first-order chi connectivity index (χ1) is 19.7. The van der Waals surface area contributed by atoms with E-state index in [-0.39, 0.29) is 32.7 Å². The molecule has 1 unspecified atom stereocenters. The third-order valence-corrected chi connectivity index (χ3v) is 7.33. The Bertz CT molecular complexity index is 1670. The van der Waals surface area contributed by atoms with Crippen molar-refractivity contribution in [1.82, 2.24) is 0 Å². The molecule has 1 atom stereocenters. The van der Waals surface area contributed by atoms with Crippen molar-refractivity contribution in [3.63, 3.8) is 0 Å². The van der Waals surface area contributed by atoms with Crippen LogP contribution in [0.2, 0.25) is 10.0 Å². The molecule has 0 aliphatic carbocycles. The molecule has 4 aromatic rings. The smallest absolute Gasteiger partial charge is 0.300 e. The standard InChI is InChI=1S/C32H25Cl2NO6/c1-18-12-14-20(15-13-18)35-27(19-8-7-11-22(16-19)41-21-9-5-4-6-10-21)25(29(37)32(35)38)28(36)23-17-24(33)31(40-3)26(34)30(23)39-2/h4-17,27,36H,1-3H3/b28-25+. The number of aryl methyl sites for hydroxylation is 1. The van der Waals surface area contributed by atoms with Gasteiger partial charge in [0.2, 0.25) is 0 Å². The van der Waals surface area contributed by atoms with Gasteiger partial charge in [0, 0.05) is 5.69 Å². The Morgan fingerprint density at radius 3 is 2.15 bits per heavy atom. The number of para-hydroxylation sites is 1. The fourth-order valence-corrected chi connectivity index (χ4v) is 5.47. The summed E-state index contributed by atoms with van der Waals surface area (Å²) in [7, 11) is 2.75. The van der Waals surface area contributed by atoms with E-state index in [0.29, 0.717) is 22.7 Å². The van der Waals surface area contributed by atoms with Crippen molar-refractivity contribution in [3.05, 3.63) is 117 Å². The number of hydrogen-bond donors (Lipinski definition) is 1. The number of hydrogen-bond acceptors (Lipinski definition) is 6. The van der Waals surface area contributed by atoms with E-state index in [1.54, 1.807) is 36.4 Å². The summed E-state index contributed by atoms with van der Waals surface area (Å²) < 4.78 is 16.8. The predicted octanol–water partition coefficient (Wildman–Crippen LogP) is 7.74. The van der Waals surface area contributed by atoms with Crippen LogP contribution in [0.15, 0.2) is 90.5 Å². The minimum absolute atomic E-state index is 0.00613. The minimum Gasteiger partial charge on any atom is -0.507 e. The summed E-state index contributed by atoms with van der Waals surface area (Å²) in [6, 6.07) is 23.8. The van der Waals surface area contributed by atoms with E-state index in [2.05, 4.69) is 0 Å². The fourth-order valence-electron chi connectivity index (χ4n) is 4.78. The van der Waals surface area contributed by atoms with Gasteiger partial charge in [0.25, 0.3) is 11.7 Å². The van der Waals surface area contributed by atoms with Crippen LogP contribution >= 0.6 is 23.2 Å². The first kappa shape index (κ1) is 28.1. The molecule has 1 aliphatic rings. The molecule has 1 amide bonds. The first-order valence-electron chi connectivity index (χ1n) is 12.6. The van der Waals surface area contributed by atoms with E-state index < -0.39 is 23.5 Å². The maximum atomic E-state index is 13.7. The quantitative estimate of drug-likeness (QED) is 0.135. The van der Waals surface area contributed by atoms with Crippen LogP contribution < -0.4 is 19.1 Å². The number of nitrogens with zero attached hydrogens (tertiary/aromatic N) is 1. The number of amides is 1. The molecular formula is C32H25Cl2NO6. The van der Waals surface area contributed by atoms with Crippen molar-refractivity contribution < 1.29 is 28.9 Å². The number of ether oxygens (including phenoxy) is 3. The van der Waals surface area contributed by atoms with E-state index >= 15 is 0 Å². The molecule has 9 heteroatoms. The largest absolute Gasteiger partial charge is 0.507 e. The zero-order valence-corrected chi connectivity index (χ0v) is 23.9. The summed E-state index contributed by atoms with van der Waals surface area (Å²) in [5, 5.41) is 11.8. The second kappa shape index (κ2) is 11.6. The lowest BCUT2D eigenvalue weighted by Gasteiger charge is -2.26. The Kier molecular flexibility index (Phi) is 7.92. The summed E-state index contributed by atoms with van der Waals surface area (Å²) in [4.78, 5) is 28.6. The Hall–Kier alpha value is -4.46. The van der Waals surface area contributed by atoms with E-state index in [1.165, 1.54) is 25.2 Å². The molecule has 5 rings (SSSR count). The van der Waals surface area contributed by atoms with Crippen LogP contribution in [-0.2, 0) is 9.59 Å². The van der Waals surface area contributed by atoms with Crippen molar-refractivity contribution >= 4 is 46.3 Å². The van der Waals surface area contributed by atoms with Gasteiger partial charge in [-0.3, -0.25) is 14.5 Å². The summed E-state index contributed by atoms with van der Waals surface area (Å²) in [5.41, 5.74) is 1.86. The molecule has 1 N–H and O–H groups in total. The average Bonchev–Trinajstić information content (AvgIpc) is 3.23. The highest BCUT2D eigenvalue weighted by atomic mass is 35.5. The SMILES string of the molecule is COc1c(Cl)cc(/C(O)=C2\C(=O)C(=O)N(c3ccc(C)cc3)C2c2cccc(Oc3ccccc3)c2)c(OC)c1Cl. The molecule has 41 heavy (non-hydrogen) atoms. The van der Waals surface area contributed by atoms with E-state index in [0.717, 1.165) is 5.56 Å². The fraction of sp³-hybridized carbons (Fsp3) is 0.125. The second-order valence-electron chi connectivity index (χ2n) is 9.28. The van der Waals surface area contributed by atoms with Gasteiger partial charge in [0.1, 0.15) is 22.3 Å². The van der Waals surface area contributed by atoms with E-state index in [9.17, 15) is 14.7 Å².